The summed E-state index contributed by atoms with van der Waals surface area (Å²) in [5, 5.41) is 0.450. The maximum Gasteiger partial charge on any atom is 0.283 e. The Kier molecular flexibility index (Phi) is 7.77. The fourth-order valence-electron chi connectivity index (χ4n) is 4.03. The van der Waals surface area contributed by atoms with Crippen molar-refractivity contribution >= 4 is 40.5 Å². The van der Waals surface area contributed by atoms with Gasteiger partial charge in [0.15, 0.2) is 5.17 Å². The van der Waals surface area contributed by atoms with Crippen molar-refractivity contribution in [2.45, 2.75) is 26.1 Å². The molecule has 2 aliphatic heterocycles. The van der Waals surface area contributed by atoms with E-state index in [1.54, 1.807) is 26.4 Å². The number of amides is 2. The Balaban J connectivity index is 1.59. The van der Waals surface area contributed by atoms with Crippen LogP contribution in [0.15, 0.2) is 59.2 Å². The lowest BCUT2D eigenvalue weighted by atomic mass is 10.2. The Morgan fingerprint density at radius 3 is 2.43 bits per heavy atom. The predicted molar refractivity (Wildman–Crippen MR) is 138 cm³/mol. The first-order valence-corrected chi connectivity index (χ1v) is 12.4. The average molecular weight is 496 g/mol. The van der Waals surface area contributed by atoms with E-state index in [2.05, 4.69) is 4.99 Å². The molecule has 4 rings (SSSR count). The van der Waals surface area contributed by atoms with Crippen molar-refractivity contribution in [3.63, 3.8) is 0 Å². The van der Waals surface area contributed by atoms with E-state index in [4.69, 9.17) is 14.2 Å². The normalized spacial score (nSPS) is 21.3. The summed E-state index contributed by atoms with van der Waals surface area (Å²) in [6.45, 7) is 5.03. The number of nitrogens with zero attached hydrogens (tertiary/aromatic N) is 3. The molecule has 2 heterocycles. The van der Waals surface area contributed by atoms with E-state index in [-0.39, 0.29) is 29.8 Å². The maximum atomic E-state index is 13.4. The third-order valence-corrected chi connectivity index (χ3v) is 6.58. The number of methoxy groups -OCH3 is 2. The molecule has 0 aromatic heterocycles. The van der Waals surface area contributed by atoms with Gasteiger partial charge in [0.2, 0.25) is 5.91 Å². The van der Waals surface area contributed by atoms with Gasteiger partial charge in [0.1, 0.15) is 17.2 Å². The molecule has 8 nitrogen and oxygen atoms in total. The summed E-state index contributed by atoms with van der Waals surface area (Å²) in [7, 11) is 3.18. The average Bonchev–Trinajstić information content (AvgIpc) is 3.17. The highest BCUT2D eigenvalue weighted by atomic mass is 32.2. The SMILES string of the molecule is COc1ccc(/C=C2\N=C(SCC(=O)N3CC(C)OC(C)C3)N(c3cccc(OC)c3)C2=O)cc1. The molecule has 2 amide bonds. The standard InChI is InChI=1S/C26H29N3O5S/c1-17-14-28(15-18(2)34-17)24(30)16-35-26-27-23(12-19-8-10-21(32-3)11-9-19)25(31)29(26)20-6-5-7-22(13-20)33-4/h5-13,17-18H,14-16H2,1-4H3/b23-12-. The zero-order valence-electron chi connectivity index (χ0n) is 20.3. The van der Waals surface area contributed by atoms with E-state index in [1.165, 1.54) is 16.7 Å². The minimum atomic E-state index is -0.266. The summed E-state index contributed by atoms with van der Waals surface area (Å²) >= 11 is 1.25. The number of thioether (sulfide) groups is 1. The number of hydrogen-bond donors (Lipinski definition) is 0. The number of hydrogen-bond acceptors (Lipinski definition) is 7. The van der Waals surface area contributed by atoms with Crippen molar-refractivity contribution < 1.29 is 23.8 Å². The van der Waals surface area contributed by atoms with Gasteiger partial charge in [0.05, 0.1) is 37.9 Å². The molecule has 0 saturated carbocycles. The molecule has 2 aliphatic rings. The minimum absolute atomic E-state index is 0.00888. The Morgan fingerprint density at radius 1 is 1.09 bits per heavy atom. The van der Waals surface area contributed by atoms with E-state index in [1.807, 2.05) is 61.2 Å². The molecule has 0 spiro atoms. The molecule has 1 saturated heterocycles. The van der Waals surface area contributed by atoms with Crippen LogP contribution in [0.2, 0.25) is 0 Å². The van der Waals surface area contributed by atoms with Crippen molar-refractivity contribution in [3.8, 4) is 11.5 Å². The van der Waals surface area contributed by atoms with Crippen LogP contribution < -0.4 is 14.4 Å². The van der Waals surface area contributed by atoms with Gasteiger partial charge >= 0.3 is 0 Å². The van der Waals surface area contributed by atoms with Gasteiger partial charge in [-0.05, 0) is 49.8 Å². The van der Waals surface area contributed by atoms with Crippen molar-refractivity contribution in [3.05, 3.63) is 59.8 Å². The second kappa shape index (κ2) is 11.0. The lowest BCUT2D eigenvalue weighted by Gasteiger charge is -2.35. The van der Waals surface area contributed by atoms with Gasteiger partial charge in [-0.3, -0.25) is 14.5 Å². The van der Waals surface area contributed by atoms with Crippen LogP contribution >= 0.6 is 11.8 Å². The molecular formula is C26H29N3O5S. The Bertz CT molecular complexity index is 1140. The molecule has 2 aromatic rings. The summed E-state index contributed by atoms with van der Waals surface area (Å²) < 4.78 is 16.3. The van der Waals surface area contributed by atoms with Gasteiger partial charge in [-0.2, -0.15) is 0 Å². The summed E-state index contributed by atoms with van der Waals surface area (Å²) in [5.41, 5.74) is 1.74. The third kappa shape index (κ3) is 5.86. The van der Waals surface area contributed by atoms with Crippen molar-refractivity contribution in [1.82, 2.24) is 4.90 Å². The van der Waals surface area contributed by atoms with Crippen molar-refractivity contribution in [2.75, 3.05) is 38.0 Å². The number of rotatable bonds is 6. The van der Waals surface area contributed by atoms with Gasteiger partial charge in [0.25, 0.3) is 5.91 Å². The number of ether oxygens (including phenoxy) is 3. The second-order valence-corrected chi connectivity index (χ2v) is 9.33. The number of morpholine rings is 1. The predicted octanol–water partition coefficient (Wildman–Crippen LogP) is 3.82. The monoisotopic (exact) mass is 495 g/mol. The van der Waals surface area contributed by atoms with Crippen molar-refractivity contribution in [1.29, 1.82) is 0 Å². The summed E-state index contributed by atoms with van der Waals surface area (Å²) in [6, 6.07) is 14.6. The Morgan fingerprint density at radius 2 is 1.77 bits per heavy atom. The molecule has 35 heavy (non-hydrogen) atoms. The third-order valence-electron chi connectivity index (χ3n) is 5.66. The van der Waals surface area contributed by atoms with E-state index in [9.17, 15) is 9.59 Å². The van der Waals surface area contributed by atoms with Gasteiger partial charge in [-0.15, -0.1) is 0 Å². The number of benzene rings is 2. The van der Waals surface area contributed by atoms with Crippen LogP contribution in [-0.2, 0) is 14.3 Å². The van der Waals surface area contributed by atoms with E-state index in [0.29, 0.717) is 35.4 Å². The number of amidine groups is 1. The number of anilines is 1. The molecule has 9 heteroatoms. The first-order valence-electron chi connectivity index (χ1n) is 11.4. The van der Waals surface area contributed by atoms with Crippen LogP contribution in [0.4, 0.5) is 5.69 Å². The number of carbonyl (C=O) groups excluding carboxylic acids is 2. The van der Waals surface area contributed by atoms with Gasteiger partial charge < -0.3 is 19.1 Å². The fraction of sp³-hybridized carbons (Fsp3) is 0.346. The summed E-state index contributed by atoms with van der Waals surface area (Å²) in [5.74, 6) is 1.25. The minimum Gasteiger partial charge on any atom is -0.497 e. The van der Waals surface area contributed by atoms with Crippen LogP contribution in [0.1, 0.15) is 19.4 Å². The number of aliphatic imine (C=N–C) groups is 1. The van der Waals surface area contributed by atoms with Crippen LogP contribution in [0.25, 0.3) is 6.08 Å². The first kappa shape index (κ1) is 24.8. The molecule has 0 radical (unpaired) electrons. The molecule has 2 atom stereocenters. The highest BCUT2D eigenvalue weighted by Gasteiger charge is 2.33. The van der Waals surface area contributed by atoms with Gasteiger partial charge in [-0.1, -0.05) is 30.0 Å². The van der Waals surface area contributed by atoms with Crippen LogP contribution in [0.3, 0.4) is 0 Å². The largest absolute Gasteiger partial charge is 0.497 e. The molecular weight excluding hydrogens is 466 g/mol. The van der Waals surface area contributed by atoms with Crippen molar-refractivity contribution in [2.24, 2.45) is 4.99 Å². The lowest BCUT2D eigenvalue weighted by Crippen LogP contribution is -2.49. The fourth-order valence-corrected chi connectivity index (χ4v) is 4.94. The second-order valence-electron chi connectivity index (χ2n) is 8.38. The maximum absolute atomic E-state index is 13.4. The van der Waals surface area contributed by atoms with E-state index >= 15 is 0 Å². The molecule has 2 aromatic carbocycles. The van der Waals surface area contributed by atoms with Crippen LogP contribution in [0, 0.1) is 0 Å². The molecule has 1 fully saturated rings. The summed E-state index contributed by atoms with van der Waals surface area (Å²) in [6.07, 6.45) is 1.71. The molecule has 184 valence electrons. The lowest BCUT2D eigenvalue weighted by molar-refractivity contribution is -0.140. The molecule has 0 aliphatic carbocycles. The first-order chi connectivity index (χ1) is 16.9. The number of carbonyl (C=O) groups is 2. The van der Waals surface area contributed by atoms with Crippen LogP contribution in [0.5, 0.6) is 11.5 Å². The topological polar surface area (TPSA) is 80.7 Å². The molecule has 0 bridgehead atoms. The van der Waals surface area contributed by atoms with Gasteiger partial charge in [0, 0.05) is 19.2 Å². The zero-order chi connectivity index (χ0) is 24.9. The Labute approximate surface area is 209 Å². The Hall–Kier alpha value is -3.30. The zero-order valence-corrected chi connectivity index (χ0v) is 21.1. The quantitative estimate of drug-likeness (QED) is 0.567. The summed E-state index contributed by atoms with van der Waals surface area (Å²) in [4.78, 5) is 34.3. The smallest absolute Gasteiger partial charge is 0.283 e. The van der Waals surface area contributed by atoms with Crippen LogP contribution in [-0.4, -0.2) is 67.2 Å². The highest BCUT2D eigenvalue weighted by Crippen LogP contribution is 2.31. The molecule has 0 N–H and O–H groups in total. The van der Waals surface area contributed by atoms with Gasteiger partial charge in [-0.25, -0.2) is 4.99 Å². The highest BCUT2D eigenvalue weighted by molar-refractivity contribution is 8.14. The van der Waals surface area contributed by atoms with E-state index in [0.717, 1.165) is 11.3 Å². The van der Waals surface area contributed by atoms with E-state index < -0.39 is 0 Å². The molecule has 2 unspecified atom stereocenters.